The average Bonchev–Trinajstić information content (AvgIpc) is 2.83. The number of benzene rings is 1. The van der Waals surface area contributed by atoms with Crippen LogP contribution in [0.2, 0.25) is 0 Å². The molecule has 0 aliphatic heterocycles. The van der Waals surface area contributed by atoms with E-state index in [2.05, 4.69) is 26.9 Å². The Hall–Kier alpha value is -1.95. The van der Waals surface area contributed by atoms with E-state index in [-0.39, 0.29) is 5.92 Å². The molecule has 0 spiro atoms. The summed E-state index contributed by atoms with van der Waals surface area (Å²) in [5, 5.41) is 14.9. The van der Waals surface area contributed by atoms with E-state index in [4.69, 9.17) is 4.74 Å². The number of ether oxygens (including phenoxy) is 1. The second kappa shape index (κ2) is 6.29. The van der Waals surface area contributed by atoms with Crippen molar-refractivity contribution in [2.75, 3.05) is 20.2 Å². The van der Waals surface area contributed by atoms with Crippen LogP contribution in [-0.2, 0) is 7.05 Å². The van der Waals surface area contributed by atoms with Crippen molar-refractivity contribution in [2.24, 2.45) is 7.05 Å². The maximum Gasteiger partial charge on any atom is 0.159 e. The van der Waals surface area contributed by atoms with Gasteiger partial charge in [-0.15, -0.1) is 5.10 Å². The molecular weight excluding hydrogens is 242 g/mol. The monoisotopic (exact) mass is 261 g/mol. The van der Waals surface area contributed by atoms with E-state index in [1.54, 1.807) is 4.68 Å². The first-order chi connectivity index (χ1) is 9.26. The molecule has 2 aromatic rings. The summed E-state index contributed by atoms with van der Waals surface area (Å²) in [5.41, 5.74) is 1.14. The normalized spacial score (nSPS) is 12.4. The summed E-state index contributed by atoms with van der Waals surface area (Å²) < 4.78 is 7.25. The van der Waals surface area contributed by atoms with Gasteiger partial charge in [-0.05, 0) is 42.1 Å². The Morgan fingerprint density at radius 2 is 2.26 bits per heavy atom. The largest absolute Gasteiger partial charge is 0.494 e. The maximum atomic E-state index is 5.54. The second-order valence-electron chi connectivity index (χ2n) is 4.28. The molecule has 0 radical (unpaired) electrons. The molecule has 102 valence electrons. The van der Waals surface area contributed by atoms with Crippen molar-refractivity contribution in [2.45, 2.75) is 12.8 Å². The zero-order valence-corrected chi connectivity index (χ0v) is 11.5. The number of hydrogen-bond acceptors (Lipinski definition) is 5. The van der Waals surface area contributed by atoms with Crippen LogP contribution in [0.3, 0.4) is 0 Å². The van der Waals surface area contributed by atoms with Crippen molar-refractivity contribution in [1.29, 1.82) is 0 Å². The van der Waals surface area contributed by atoms with Crippen LogP contribution < -0.4 is 10.1 Å². The van der Waals surface area contributed by atoms with Gasteiger partial charge >= 0.3 is 0 Å². The minimum Gasteiger partial charge on any atom is -0.494 e. The summed E-state index contributed by atoms with van der Waals surface area (Å²) in [6.45, 7) is 3.40. The van der Waals surface area contributed by atoms with E-state index in [1.165, 1.54) is 0 Å². The molecule has 1 heterocycles. The summed E-state index contributed by atoms with van der Waals surface area (Å²) in [5.74, 6) is 1.81. The fourth-order valence-electron chi connectivity index (χ4n) is 2.08. The van der Waals surface area contributed by atoms with Gasteiger partial charge in [0.15, 0.2) is 5.82 Å². The highest BCUT2D eigenvalue weighted by Gasteiger charge is 2.19. The van der Waals surface area contributed by atoms with Crippen molar-refractivity contribution < 1.29 is 4.74 Å². The van der Waals surface area contributed by atoms with Gasteiger partial charge in [0.2, 0.25) is 0 Å². The summed E-state index contributed by atoms with van der Waals surface area (Å²) in [4.78, 5) is 0. The molecule has 19 heavy (non-hydrogen) atoms. The van der Waals surface area contributed by atoms with E-state index in [0.29, 0.717) is 6.61 Å². The van der Waals surface area contributed by atoms with Crippen molar-refractivity contribution in [3.05, 3.63) is 35.7 Å². The lowest BCUT2D eigenvalue weighted by molar-refractivity contribution is 0.339. The Bertz CT molecular complexity index is 525. The Morgan fingerprint density at radius 3 is 2.89 bits per heavy atom. The van der Waals surface area contributed by atoms with Crippen LogP contribution in [0.15, 0.2) is 24.3 Å². The molecule has 0 bridgehead atoms. The first-order valence-electron chi connectivity index (χ1n) is 6.35. The molecule has 1 unspecified atom stereocenters. The second-order valence-corrected chi connectivity index (χ2v) is 4.28. The molecule has 1 N–H and O–H groups in total. The Balaban J connectivity index is 2.33. The third kappa shape index (κ3) is 3.08. The number of nitrogens with zero attached hydrogens (tertiary/aromatic N) is 4. The minimum absolute atomic E-state index is 0.102. The van der Waals surface area contributed by atoms with Crippen LogP contribution in [0, 0.1) is 0 Å². The fourth-order valence-corrected chi connectivity index (χ4v) is 2.08. The quantitative estimate of drug-likeness (QED) is 0.839. The van der Waals surface area contributed by atoms with Crippen molar-refractivity contribution in [1.82, 2.24) is 25.5 Å². The zero-order valence-electron chi connectivity index (χ0n) is 11.5. The number of nitrogens with one attached hydrogen (secondary N) is 1. The highest BCUT2D eigenvalue weighted by molar-refractivity contribution is 5.34. The van der Waals surface area contributed by atoms with Gasteiger partial charge in [0.25, 0.3) is 0 Å². The predicted molar refractivity (Wildman–Crippen MR) is 72.2 cm³/mol. The summed E-state index contributed by atoms with van der Waals surface area (Å²) >= 11 is 0. The van der Waals surface area contributed by atoms with Crippen LogP contribution in [-0.4, -0.2) is 40.4 Å². The molecule has 0 saturated carbocycles. The molecule has 1 aromatic carbocycles. The number of tetrazole rings is 1. The predicted octanol–water partition coefficient (Wildman–Crippen LogP) is 0.960. The smallest absolute Gasteiger partial charge is 0.159 e. The lowest BCUT2D eigenvalue weighted by atomic mass is 9.98. The zero-order chi connectivity index (χ0) is 13.7. The van der Waals surface area contributed by atoms with Gasteiger partial charge in [-0.3, -0.25) is 0 Å². The van der Waals surface area contributed by atoms with Gasteiger partial charge < -0.3 is 10.1 Å². The van der Waals surface area contributed by atoms with E-state index in [0.717, 1.165) is 23.7 Å². The van der Waals surface area contributed by atoms with Crippen LogP contribution >= 0.6 is 0 Å². The Kier molecular flexibility index (Phi) is 4.46. The van der Waals surface area contributed by atoms with E-state index < -0.39 is 0 Å². The minimum atomic E-state index is 0.102. The van der Waals surface area contributed by atoms with Crippen LogP contribution in [0.5, 0.6) is 5.75 Å². The number of aryl methyl sites for hydroxylation is 1. The first kappa shape index (κ1) is 13.5. The van der Waals surface area contributed by atoms with Gasteiger partial charge in [0.1, 0.15) is 5.75 Å². The van der Waals surface area contributed by atoms with Gasteiger partial charge in [0, 0.05) is 13.6 Å². The molecule has 6 heteroatoms. The molecule has 6 nitrogen and oxygen atoms in total. The lowest BCUT2D eigenvalue weighted by Crippen LogP contribution is -2.21. The molecule has 0 aliphatic carbocycles. The summed E-state index contributed by atoms with van der Waals surface area (Å²) in [6, 6.07) is 8.06. The molecule has 0 amide bonds. The molecule has 1 aromatic heterocycles. The highest BCUT2D eigenvalue weighted by Crippen LogP contribution is 2.25. The highest BCUT2D eigenvalue weighted by atomic mass is 16.5. The third-order valence-corrected chi connectivity index (χ3v) is 2.94. The van der Waals surface area contributed by atoms with Crippen LogP contribution in [0.25, 0.3) is 0 Å². The first-order valence-corrected chi connectivity index (χ1v) is 6.35. The summed E-state index contributed by atoms with van der Waals surface area (Å²) in [6.07, 6.45) is 0. The van der Waals surface area contributed by atoms with Crippen molar-refractivity contribution >= 4 is 0 Å². The van der Waals surface area contributed by atoms with Gasteiger partial charge in [0.05, 0.1) is 12.5 Å². The van der Waals surface area contributed by atoms with E-state index >= 15 is 0 Å². The van der Waals surface area contributed by atoms with Gasteiger partial charge in [-0.2, -0.15) is 0 Å². The van der Waals surface area contributed by atoms with Crippen molar-refractivity contribution in [3.8, 4) is 5.75 Å². The number of rotatable bonds is 6. The molecule has 1 atom stereocenters. The number of aromatic nitrogens is 4. The molecule has 0 saturated heterocycles. The molecule has 0 aliphatic rings. The number of hydrogen-bond donors (Lipinski definition) is 1. The lowest BCUT2D eigenvalue weighted by Gasteiger charge is -2.16. The van der Waals surface area contributed by atoms with Crippen LogP contribution in [0.4, 0.5) is 0 Å². The third-order valence-electron chi connectivity index (χ3n) is 2.94. The van der Waals surface area contributed by atoms with E-state index in [9.17, 15) is 0 Å². The van der Waals surface area contributed by atoms with Crippen LogP contribution in [0.1, 0.15) is 24.2 Å². The fraction of sp³-hybridized carbons (Fsp3) is 0.462. The molecule has 0 fully saturated rings. The van der Waals surface area contributed by atoms with Gasteiger partial charge in [-0.25, -0.2) is 4.68 Å². The standard InChI is InChI=1S/C13H19N5O/c1-4-19-11-7-5-6-10(8-11)12(9-14-2)13-15-16-17-18(13)3/h5-8,12,14H,4,9H2,1-3H3. The average molecular weight is 261 g/mol. The molecule has 2 rings (SSSR count). The van der Waals surface area contributed by atoms with Crippen molar-refractivity contribution in [3.63, 3.8) is 0 Å². The summed E-state index contributed by atoms with van der Waals surface area (Å²) in [7, 11) is 3.77. The van der Waals surface area contributed by atoms with E-state index in [1.807, 2.05) is 39.2 Å². The Morgan fingerprint density at radius 1 is 1.42 bits per heavy atom. The Labute approximate surface area is 112 Å². The molecular formula is C13H19N5O. The van der Waals surface area contributed by atoms with Gasteiger partial charge in [-0.1, -0.05) is 12.1 Å². The maximum absolute atomic E-state index is 5.54. The SMILES string of the molecule is CCOc1cccc(C(CNC)c2nnnn2C)c1. The number of likely N-dealkylation sites (N-methyl/N-ethyl adjacent to an activating group) is 1. The topological polar surface area (TPSA) is 64.9 Å².